The van der Waals surface area contributed by atoms with E-state index in [2.05, 4.69) is 21.3 Å². The number of carboxylic acids is 1. The van der Waals surface area contributed by atoms with E-state index in [0.29, 0.717) is 19.5 Å². The molecule has 0 radical (unpaired) electrons. The summed E-state index contributed by atoms with van der Waals surface area (Å²) in [6.45, 7) is 5.77. The van der Waals surface area contributed by atoms with Crippen LogP contribution in [0.3, 0.4) is 0 Å². The molecular weight excluding hydrogens is 428 g/mol. The highest BCUT2D eigenvalue weighted by atomic mass is 16.6. The second kappa shape index (κ2) is 14.7. The van der Waals surface area contributed by atoms with Crippen LogP contribution in [0.2, 0.25) is 0 Å². The molecule has 0 aliphatic carbocycles. The Kier molecular flexibility index (Phi) is 12.4. The molecule has 33 heavy (non-hydrogen) atoms. The molecule has 184 valence electrons. The van der Waals surface area contributed by atoms with Gasteiger partial charge in [-0.3, -0.25) is 9.59 Å². The predicted molar refractivity (Wildman–Crippen MR) is 124 cm³/mol. The van der Waals surface area contributed by atoms with Crippen LogP contribution in [0.15, 0.2) is 30.3 Å². The Bertz CT molecular complexity index is 764. The number of nitrogens with one attached hydrogen (secondary N) is 4. The first-order valence-electron chi connectivity index (χ1n) is 11.1. The van der Waals surface area contributed by atoms with Crippen LogP contribution in [-0.2, 0) is 20.7 Å². The summed E-state index contributed by atoms with van der Waals surface area (Å²) in [5, 5.41) is 18.8. The summed E-state index contributed by atoms with van der Waals surface area (Å²) in [7, 11) is 0. The summed E-state index contributed by atoms with van der Waals surface area (Å²) in [5.74, 6) is -1.37. The highest BCUT2D eigenvalue weighted by Gasteiger charge is 2.24. The third kappa shape index (κ3) is 14.4. The van der Waals surface area contributed by atoms with Crippen LogP contribution in [0.25, 0.3) is 0 Å². The highest BCUT2D eigenvalue weighted by Crippen LogP contribution is 2.09. The van der Waals surface area contributed by atoms with Gasteiger partial charge in [0.05, 0.1) is 0 Å². The fourth-order valence-corrected chi connectivity index (χ4v) is 2.87. The summed E-state index contributed by atoms with van der Waals surface area (Å²) >= 11 is 0. The van der Waals surface area contributed by atoms with Crippen LogP contribution in [0, 0.1) is 0 Å². The minimum atomic E-state index is -1.10. The number of ether oxygens (including phenoxy) is 1. The molecule has 10 heteroatoms. The molecule has 1 aromatic carbocycles. The van der Waals surface area contributed by atoms with Crippen molar-refractivity contribution in [3.8, 4) is 0 Å². The molecule has 0 unspecified atom stereocenters. The van der Waals surface area contributed by atoms with Crippen LogP contribution >= 0.6 is 0 Å². The standard InChI is InChI=1S/C23H36N4O6/c1-23(2,3)33-22(32)27-18(15-17-11-7-6-8-12-17)20(30)24-13-9-4-5-10-14-25-21(31)26-16-19(28)29/h6-8,11-12,18H,4-5,9-10,13-16H2,1-3H3,(H,24,30)(H,27,32)(H,28,29)(H2,25,26,31)/t18-/m0/s1. The van der Waals surface area contributed by atoms with Gasteiger partial charge in [-0.05, 0) is 39.2 Å². The van der Waals surface area contributed by atoms with Gasteiger partial charge in [0.25, 0.3) is 0 Å². The van der Waals surface area contributed by atoms with Crippen LogP contribution in [-0.4, -0.2) is 60.4 Å². The number of carbonyl (C=O) groups excluding carboxylic acids is 3. The fraction of sp³-hybridized carbons (Fsp3) is 0.565. The van der Waals surface area contributed by atoms with E-state index in [1.54, 1.807) is 20.8 Å². The third-order valence-electron chi connectivity index (χ3n) is 4.38. The molecule has 1 rings (SSSR count). The van der Waals surface area contributed by atoms with Crippen LogP contribution < -0.4 is 21.3 Å². The molecule has 0 aromatic heterocycles. The van der Waals surface area contributed by atoms with Crippen molar-refractivity contribution in [1.29, 1.82) is 0 Å². The minimum Gasteiger partial charge on any atom is -0.480 e. The van der Waals surface area contributed by atoms with Gasteiger partial charge >= 0.3 is 18.1 Å². The van der Waals surface area contributed by atoms with Gasteiger partial charge in [-0.15, -0.1) is 0 Å². The van der Waals surface area contributed by atoms with Crippen molar-refractivity contribution in [3.63, 3.8) is 0 Å². The summed E-state index contributed by atoms with van der Waals surface area (Å²) in [6.07, 6.45) is 2.90. The zero-order chi connectivity index (χ0) is 24.7. The smallest absolute Gasteiger partial charge is 0.408 e. The van der Waals surface area contributed by atoms with E-state index < -0.39 is 36.3 Å². The number of aliphatic carboxylic acids is 1. The van der Waals surface area contributed by atoms with Gasteiger partial charge in [0.1, 0.15) is 18.2 Å². The van der Waals surface area contributed by atoms with E-state index in [1.165, 1.54) is 0 Å². The maximum absolute atomic E-state index is 12.7. The van der Waals surface area contributed by atoms with Gasteiger partial charge in [-0.25, -0.2) is 9.59 Å². The second-order valence-corrected chi connectivity index (χ2v) is 8.60. The number of amides is 4. The number of hydrogen-bond donors (Lipinski definition) is 5. The van der Waals surface area contributed by atoms with Gasteiger partial charge in [0.15, 0.2) is 0 Å². The van der Waals surface area contributed by atoms with Crippen molar-refractivity contribution < 1.29 is 29.0 Å². The Hall–Kier alpha value is -3.30. The second-order valence-electron chi connectivity index (χ2n) is 8.60. The molecule has 0 aliphatic rings. The topological polar surface area (TPSA) is 146 Å². The SMILES string of the molecule is CC(C)(C)OC(=O)N[C@@H](Cc1ccccc1)C(=O)NCCCCCCNC(=O)NCC(=O)O. The molecule has 1 atom stereocenters. The molecule has 0 saturated carbocycles. The van der Waals surface area contributed by atoms with E-state index in [1.807, 2.05) is 30.3 Å². The number of alkyl carbamates (subject to hydrolysis) is 1. The van der Waals surface area contributed by atoms with Gasteiger partial charge in [0.2, 0.25) is 5.91 Å². The molecule has 0 heterocycles. The van der Waals surface area contributed by atoms with E-state index >= 15 is 0 Å². The summed E-state index contributed by atoms with van der Waals surface area (Å²) in [4.78, 5) is 46.6. The first-order chi connectivity index (χ1) is 15.6. The van der Waals surface area contributed by atoms with Crippen LogP contribution in [0.1, 0.15) is 52.0 Å². The lowest BCUT2D eigenvalue weighted by Crippen LogP contribution is -2.49. The number of rotatable bonds is 13. The normalized spacial score (nSPS) is 11.7. The molecule has 0 bridgehead atoms. The molecule has 0 saturated heterocycles. The summed E-state index contributed by atoms with van der Waals surface area (Å²) in [6, 6.07) is 8.17. The average molecular weight is 465 g/mol. The van der Waals surface area contributed by atoms with Gasteiger partial charge < -0.3 is 31.1 Å². The Morgan fingerprint density at radius 2 is 1.52 bits per heavy atom. The fourth-order valence-electron chi connectivity index (χ4n) is 2.87. The maximum Gasteiger partial charge on any atom is 0.408 e. The maximum atomic E-state index is 12.7. The summed E-state index contributed by atoms with van der Waals surface area (Å²) in [5.41, 5.74) is 0.262. The first kappa shape index (κ1) is 27.7. The molecule has 5 N–H and O–H groups in total. The molecule has 4 amide bonds. The predicted octanol–water partition coefficient (Wildman–Crippen LogP) is 2.18. The summed E-state index contributed by atoms with van der Waals surface area (Å²) < 4.78 is 5.29. The first-order valence-corrected chi connectivity index (χ1v) is 11.1. The van der Waals surface area contributed by atoms with E-state index in [4.69, 9.17) is 9.84 Å². The quantitative estimate of drug-likeness (QED) is 0.283. The Labute approximate surface area is 194 Å². The number of hydrogen-bond acceptors (Lipinski definition) is 5. The van der Waals surface area contributed by atoms with Crippen LogP contribution in [0.4, 0.5) is 9.59 Å². The van der Waals surface area contributed by atoms with Crippen molar-refractivity contribution in [2.24, 2.45) is 0 Å². The zero-order valence-corrected chi connectivity index (χ0v) is 19.6. The zero-order valence-electron chi connectivity index (χ0n) is 19.6. The molecule has 0 spiro atoms. The monoisotopic (exact) mass is 464 g/mol. The van der Waals surface area contributed by atoms with Gasteiger partial charge in [-0.1, -0.05) is 43.2 Å². The van der Waals surface area contributed by atoms with E-state index in [0.717, 1.165) is 31.2 Å². The third-order valence-corrected chi connectivity index (χ3v) is 4.38. The van der Waals surface area contributed by atoms with E-state index in [9.17, 15) is 19.2 Å². The van der Waals surface area contributed by atoms with Gasteiger partial charge in [-0.2, -0.15) is 0 Å². The number of carboxylic acid groups (broad SMARTS) is 1. The van der Waals surface area contributed by atoms with Crippen molar-refractivity contribution in [1.82, 2.24) is 21.3 Å². The van der Waals surface area contributed by atoms with Crippen molar-refractivity contribution in [2.75, 3.05) is 19.6 Å². The lowest BCUT2D eigenvalue weighted by molar-refractivity contribution is -0.135. The Morgan fingerprint density at radius 3 is 2.09 bits per heavy atom. The van der Waals surface area contributed by atoms with Gasteiger partial charge in [0, 0.05) is 19.5 Å². The largest absolute Gasteiger partial charge is 0.480 e. The molecule has 10 nitrogen and oxygen atoms in total. The average Bonchev–Trinajstić information content (AvgIpc) is 2.72. The minimum absolute atomic E-state index is 0.276. The Balaban J connectivity index is 2.35. The number of unbranched alkanes of at least 4 members (excludes halogenated alkanes) is 3. The number of urea groups is 1. The molecular formula is C23H36N4O6. The Morgan fingerprint density at radius 1 is 0.909 bits per heavy atom. The highest BCUT2D eigenvalue weighted by molar-refractivity contribution is 5.86. The molecule has 1 aromatic rings. The van der Waals surface area contributed by atoms with Crippen molar-refractivity contribution in [3.05, 3.63) is 35.9 Å². The van der Waals surface area contributed by atoms with Crippen molar-refractivity contribution >= 4 is 24.0 Å². The van der Waals surface area contributed by atoms with Crippen LogP contribution in [0.5, 0.6) is 0 Å². The lowest BCUT2D eigenvalue weighted by Gasteiger charge is -2.23. The molecule has 0 fully saturated rings. The molecule has 0 aliphatic heterocycles. The lowest BCUT2D eigenvalue weighted by atomic mass is 10.1. The number of carbonyl (C=O) groups is 4. The number of benzene rings is 1. The van der Waals surface area contributed by atoms with Crippen molar-refractivity contribution in [2.45, 2.75) is 64.5 Å². The van der Waals surface area contributed by atoms with E-state index in [-0.39, 0.29) is 5.91 Å².